The summed E-state index contributed by atoms with van der Waals surface area (Å²) >= 11 is 0. The monoisotopic (exact) mass is 488 g/mol. The van der Waals surface area contributed by atoms with Crippen LogP contribution in [0.25, 0.3) is 5.69 Å². The minimum absolute atomic E-state index is 0.0437. The second kappa shape index (κ2) is 8.73. The normalized spacial score (nSPS) is 17.7. The molecule has 1 aliphatic heterocycles. The molecule has 0 saturated carbocycles. The van der Waals surface area contributed by atoms with Crippen molar-refractivity contribution in [1.29, 1.82) is 0 Å². The van der Waals surface area contributed by atoms with Crippen molar-refractivity contribution in [1.82, 2.24) is 14.5 Å². The standard InChI is InChI=1S/C22H24N4O5S2/c1-15-21(16(2)26(24-15)19-8-4-3-5-9-19)23-22(27)17-7-6-10-20(13-17)33(30,31)25-18-11-12-32(28,29)14-18/h3-10,13,18,25H,11-12,14H2,1-2H3,(H,23,27)/t18-/m1/s1. The van der Waals surface area contributed by atoms with Crippen LogP contribution >= 0.6 is 0 Å². The molecule has 0 spiro atoms. The third kappa shape index (κ3) is 5.00. The molecule has 1 atom stereocenters. The Balaban J connectivity index is 1.55. The van der Waals surface area contributed by atoms with Crippen LogP contribution in [0.1, 0.15) is 28.2 Å². The molecule has 0 aliphatic carbocycles. The molecule has 2 aromatic carbocycles. The first kappa shape index (κ1) is 23.1. The number of nitrogens with zero attached hydrogens (tertiary/aromatic N) is 2. The Morgan fingerprint density at radius 3 is 2.48 bits per heavy atom. The van der Waals surface area contributed by atoms with E-state index in [-0.39, 0.29) is 28.4 Å². The van der Waals surface area contributed by atoms with Crippen molar-refractivity contribution in [3.8, 4) is 5.69 Å². The lowest BCUT2D eigenvalue weighted by molar-refractivity contribution is 0.102. The van der Waals surface area contributed by atoms with E-state index in [0.717, 1.165) is 11.4 Å². The van der Waals surface area contributed by atoms with Gasteiger partial charge in [-0.15, -0.1) is 0 Å². The molecule has 2 N–H and O–H groups in total. The highest BCUT2D eigenvalue weighted by molar-refractivity contribution is 7.92. The summed E-state index contributed by atoms with van der Waals surface area (Å²) in [6, 6.07) is 14.5. The fourth-order valence-corrected chi connectivity index (χ4v) is 6.90. The minimum atomic E-state index is -3.98. The van der Waals surface area contributed by atoms with Gasteiger partial charge in [0.1, 0.15) is 0 Å². The molecule has 1 amide bonds. The number of para-hydroxylation sites is 1. The fourth-order valence-electron chi connectivity index (χ4n) is 3.81. The van der Waals surface area contributed by atoms with Crippen molar-refractivity contribution in [2.45, 2.75) is 31.2 Å². The summed E-state index contributed by atoms with van der Waals surface area (Å²) in [5.41, 5.74) is 2.92. The number of amides is 1. The zero-order valence-corrected chi connectivity index (χ0v) is 19.8. The van der Waals surface area contributed by atoms with Gasteiger partial charge in [-0.2, -0.15) is 5.10 Å². The smallest absolute Gasteiger partial charge is 0.255 e. The molecule has 3 aromatic rings. The SMILES string of the molecule is Cc1nn(-c2ccccc2)c(C)c1NC(=O)c1cccc(S(=O)(=O)N[C@@H]2CCS(=O)(=O)C2)c1. The summed E-state index contributed by atoms with van der Waals surface area (Å²) in [5.74, 6) is -0.747. The van der Waals surface area contributed by atoms with Gasteiger partial charge in [0.25, 0.3) is 5.91 Å². The number of aryl methyl sites for hydroxylation is 1. The Labute approximate surface area is 192 Å². The second-order valence-corrected chi connectivity index (χ2v) is 11.9. The lowest BCUT2D eigenvalue weighted by atomic mass is 10.2. The van der Waals surface area contributed by atoms with Gasteiger partial charge >= 0.3 is 0 Å². The van der Waals surface area contributed by atoms with E-state index in [2.05, 4.69) is 15.1 Å². The average molecular weight is 489 g/mol. The first-order chi connectivity index (χ1) is 15.6. The van der Waals surface area contributed by atoms with E-state index in [0.29, 0.717) is 11.4 Å². The van der Waals surface area contributed by atoms with E-state index in [1.807, 2.05) is 37.3 Å². The summed E-state index contributed by atoms with van der Waals surface area (Å²) in [5, 5.41) is 7.33. The van der Waals surface area contributed by atoms with Gasteiger partial charge in [0.15, 0.2) is 9.84 Å². The second-order valence-electron chi connectivity index (χ2n) is 8.00. The van der Waals surface area contributed by atoms with E-state index >= 15 is 0 Å². The topological polar surface area (TPSA) is 127 Å². The molecule has 33 heavy (non-hydrogen) atoms. The van der Waals surface area contributed by atoms with E-state index in [4.69, 9.17) is 0 Å². The lowest BCUT2D eigenvalue weighted by Gasteiger charge is -2.12. The number of sulfone groups is 1. The Morgan fingerprint density at radius 2 is 1.82 bits per heavy atom. The van der Waals surface area contributed by atoms with E-state index < -0.39 is 31.8 Å². The Bertz CT molecular complexity index is 1410. The van der Waals surface area contributed by atoms with Gasteiger partial charge < -0.3 is 5.32 Å². The molecular weight excluding hydrogens is 464 g/mol. The van der Waals surface area contributed by atoms with Crippen molar-refractivity contribution in [3.05, 3.63) is 71.5 Å². The molecule has 4 rings (SSSR count). The number of anilines is 1. The average Bonchev–Trinajstić information content (AvgIpc) is 3.26. The highest BCUT2D eigenvalue weighted by atomic mass is 32.2. The Morgan fingerprint density at radius 1 is 1.09 bits per heavy atom. The number of hydrogen-bond acceptors (Lipinski definition) is 6. The van der Waals surface area contributed by atoms with Crippen LogP contribution in [-0.4, -0.2) is 50.1 Å². The van der Waals surface area contributed by atoms with Crippen molar-refractivity contribution < 1.29 is 21.6 Å². The van der Waals surface area contributed by atoms with Crippen molar-refractivity contribution in [3.63, 3.8) is 0 Å². The van der Waals surface area contributed by atoms with Crippen LogP contribution in [0.15, 0.2) is 59.5 Å². The van der Waals surface area contributed by atoms with Gasteiger partial charge in [0.2, 0.25) is 10.0 Å². The zero-order valence-electron chi connectivity index (χ0n) is 18.1. The van der Waals surface area contributed by atoms with Crippen molar-refractivity contribution in [2.75, 3.05) is 16.8 Å². The maximum absolute atomic E-state index is 12.9. The predicted molar refractivity (Wildman–Crippen MR) is 125 cm³/mol. The maximum atomic E-state index is 12.9. The molecule has 0 bridgehead atoms. The number of carbonyl (C=O) groups is 1. The Hall–Kier alpha value is -3.02. The molecular formula is C22H24N4O5S2. The highest BCUT2D eigenvalue weighted by Gasteiger charge is 2.31. The largest absolute Gasteiger partial charge is 0.319 e. The predicted octanol–water partition coefficient (Wildman–Crippen LogP) is 2.21. The third-order valence-electron chi connectivity index (χ3n) is 5.49. The van der Waals surface area contributed by atoms with Crippen LogP contribution in [0, 0.1) is 13.8 Å². The summed E-state index contributed by atoms with van der Waals surface area (Å²) in [4.78, 5) is 12.8. The number of nitrogens with one attached hydrogen (secondary N) is 2. The quantitative estimate of drug-likeness (QED) is 0.548. The van der Waals surface area contributed by atoms with E-state index in [1.165, 1.54) is 24.3 Å². The van der Waals surface area contributed by atoms with Crippen LogP contribution in [0.2, 0.25) is 0 Å². The summed E-state index contributed by atoms with van der Waals surface area (Å²) in [7, 11) is -7.21. The molecule has 1 aliphatic rings. The lowest BCUT2D eigenvalue weighted by Crippen LogP contribution is -2.35. The first-order valence-corrected chi connectivity index (χ1v) is 13.6. The van der Waals surface area contributed by atoms with Crippen LogP contribution in [0.5, 0.6) is 0 Å². The molecule has 1 saturated heterocycles. The van der Waals surface area contributed by atoms with Crippen molar-refractivity contribution in [2.24, 2.45) is 0 Å². The van der Waals surface area contributed by atoms with Gasteiger partial charge in [-0.05, 0) is 50.6 Å². The number of hydrogen-bond donors (Lipinski definition) is 2. The molecule has 1 aromatic heterocycles. The summed E-state index contributed by atoms with van der Waals surface area (Å²) < 4.78 is 52.9. The van der Waals surface area contributed by atoms with E-state index in [1.54, 1.807) is 11.6 Å². The van der Waals surface area contributed by atoms with Crippen LogP contribution in [0.4, 0.5) is 5.69 Å². The minimum Gasteiger partial charge on any atom is -0.319 e. The van der Waals surface area contributed by atoms with Gasteiger partial charge in [-0.1, -0.05) is 24.3 Å². The molecule has 1 fully saturated rings. The summed E-state index contributed by atoms with van der Waals surface area (Å²) in [6.45, 7) is 3.62. The first-order valence-electron chi connectivity index (χ1n) is 10.3. The summed E-state index contributed by atoms with van der Waals surface area (Å²) in [6.07, 6.45) is 0.228. The van der Waals surface area contributed by atoms with Crippen LogP contribution < -0.4 is 10.0 Å². The van der Waals surface area contributed by atoms with Crippen LogP contribution in [0.3, 0.4) is 0 Å². The van der Waals surface area contributed by atoms with Crippen molar-refractivity contribution >= 4 is 31.5 Å². The number of carbonyl (C=O) groups excluding carboxylic acids is 1. The fraction of sp³-hybridized carbons (Fsp3) is 0.273. The molecule has 2 heterocycles. The molecule has 174 valence electrons. The van der Waals surface area contributed by atoms with Gasteiger partial charge in [0, 0.05) is 11.6 Å². The number of rotatable bonds is 6. The van der Waals surface area contributed by atoms with E-state index in [9.17, 15) is 21.6 Å². The zero-order chi connectivity index (χ0) is 23.8. The molecule has 0 radical (unpaired) electrons. The molecule has 9 nitrogen and oxygen atoms in total. The maximum Gasteiger partial charge on any atom is 0.255 e. The number of aromatic nitrogens is 2. The van der Waals surface area contributed by atoms with Gasteiger partial charge in [-0.3, -0.25) is 4.79 Å². The Kier molecular flexibility index (Phi) is 6.12. The van der Waals surface area contributed by atoms with Crippen LogP contribution in [-0.2, 0) is 19.9 Å². The highest BCUT2D eigenvalue weighted by Crippen LogP contribution is 2.24. The van der Waals surface area contributed by atoms with Gasteiger partial charge in [-0.25, -0.2) is 26.2 Å². The molecule has 11 heteroatoms. The number of sulfonamides is 1. The number of benzene rings is 2. The van der Waals surface area contributed by atoms with Gasteiger partial charge in [0.05, 0.1) is 39.2 Å². The molecule has 0 unspecified atom stereocenters. The third-order valence-corrected chi connectivity index (χ3v) is 8.78.